The van der Waals surface area contributed by atoms with Crippen molar-refractivity contribution in [3.8, 4) is 28.4 Å². The Morgan fingerprint density at radius 3 is 2.35 bits per heavy atom. The van der Waals surface area contributed by atoms with Gasteiger partial charge in [0.2, 0.25) is 0 Å². The Bertz CT molecular complexity index is 1540. The number of anilines is 1. The molecule has 0 fully saturated rings. The molecule has 1 N–H and O–H groups in total. The van der Waals surface area contributed by atoms with E-state index in [0.717, 1.165) is 22.4 Å². The number of carbonyl (C=O) groups is 1. The molecule has 0 aliphatic heterocycles. The average molecular weight is 538 g/mol. The molecule has 0 bridgehead atoms. The summed E-state index contributed by atoms with van der Waals surface area (Å²) in [5.74, 6) is 1.80. The molecule has 9 nitrogen and oxygen atoms in total. The van der Waals surface area contributed by atoms with E-state index in [2.05, 4.69) is 27.6 Å². The van der Waals surface area contributed by atoms with Crippen LogP contribution in [0.1, 0.15) is 29.9 Å². The molecule has 0 aliphatic carbocycles. The van der Waals surface area contributed by atoms with Crippen molar-refractivity contribution in [2.45, 2.75) is 27.1 Å². The molecular weight excluding hydrogens is 506 g/mol. The van der Waals surface area contributed by atoms with Crippen LogP contribution in [-0.4, -0.2) is 38.7 Å². The number of benzene rings is 3. The summed E-state index contributed by atoms with van der Waals surface area (Å²) in [6, 6.07) is 25.5. The van der Waals surface area contributed by atoms with Crippen LogP contribution in [-0.2, 0) is 13.3 Å². The molecule has 40 heavy (non-hydrogen) atoms. The molecule has 0 saturated heterocycles. The van der Waals surface area contributed by atoms with E-state index in [1.54, 1.807) is 34.0 Å². The fourth-order valence-corrected chi connectivity index (χ4v) is 4.16. The second-order valence-corrected chi connectivity index (χ2v) is 8.93. The lowest BCUT2D eigenvalue weighted by atomic mass is 10.1. The number of ether oxygens (including phenoxy) is 3. The van der Waals surface area contributed by atoms with Crippen molar-refractivity contribution in [1.29, 1.82) is 0 Å². The highest BCUT2D eigenvalue weighted by atomic mass is 16.5. The first-order valence-corrected chi connectivity index (χ1v) is 13.2. The first-order chi connectivity index (χ1) is 19.6. The van der Waals surface area contributed by atoms with Crippen LogP contribution in [0.2, 0.25) is 0 Å². The summed E-state index contributed by atoms with van der Waals surface area (Å²) in [5, 5.41) is 11.6. The monoisotopic (exact) mass is 537 g/mol. The Labute approximate surface area is 232 Å². The van der Waals surface area contributed by atoms with Crippen molar-refractivity contribution in [1.82, 2.24) is 19.6 Å². The van der Waals surface area contributed by atoms with E-state index in [1.807, 2.05) is 74.5 Å². The third kappa shape index (κ3) is 6.68. The highest BCUT2D eigenvalue weighted by molar-refractivity contribution is 6.02. The summed E-state index contributed by atoms with van der Waals surface area (Å²) in [6.07, 6.45) is 5.08. The summed E-state index contributed by atoms with van der Waals surface area (Å²) in [4.78, 5) is 12.8. The van der Waals surface area contributed by atoms with Gasteiger partial charge < -0.3 is 19.5 Å². The van der Waals surface area contributed by atoms with Crippen molar-refractivity contribution < 1.29 is 19.0 Å². The normalized spacial score (nSPS) is 10.8. The lowest BCUT2D eigenvalue weighted by Crippen LogP contribution is -2.14. The number of nitrogens with one attached hydrogen (secondary N) is 1. The lowest BCUT2D eigenvalue weighted by molar-refractivity contribution is 0.102. The predicted octanol–water partition coefficient (Wildman–Crippen LogP) is 5.88. The summed E-state index contributed by atoms with van der Waals surface area (Å²) in [5.41, 5.74) is 4.12. The van der Waals surface area contributed by atoms with E-state index in [-0.39, 0.29) is 18.3 Å². The Morgan fingerprint density at radius 2 is 1.57 bits per heavy atom. The van der Waals surface area contributed by atoms with E-state index >= 15 is 0 Å². The second kappa shape index (κ2) is 12.7. The van der Waals surface area contributed by atoms with E-state index in [0.29, 0.717) is 36.9 Å². The van der Waals surface area contributed by atoms with E-state index in [4.69, 9.17) is 14.2 Å². The van der Waals surface area contributed by atoms with Gasteiger partial charge in [-0.1, -0.05) is 48.5 Å². The number of nitrogens with zero attached hydrogens (tertiary/aromatic N) is 4. The van der Waals surface area contributed by atoms with Crippen LogP contribution in [0.3, 0.4) is 0 Å². The SMILES string of the molecule is CCOc1ccc(Cn2cc(NC(=O)c3ccn(COc4ccc(-c5ccccc5)cc4)n3)cn2)cc1OCC. The van der Waals surface area contributed by atoms with Crippen LogP contribution >= 0.6 is 0 Å². The van der Waals surface area contributed by atoms with Gasteiger partial charge in [-0.2, -0.15) is 10.2 Å². The third-order valence-corrected chi connectivity index (χ3v) is 6.04. The van der Waals surface area contributed by atoms with Gasteiger partial charge in [-0.3, -0.25) is 9.48 Å². The van der Waals surface area contributed by atoms with Gasteiger partial charge in [-0.25, -0.2) is 4.68 Å². The highest BCUT2D eigenvalue weighted by Gasteiger charge is 2.12. The molecule has 2 aromatic heterocycles. The van der Waals surface area contributed by atoms with Gasteiger partial charge in [0.25, 0.3) is 5.91 Å². The Balaban J connectivity index is 1.14. The summed E-state index contributed by atoms with van der Waals surface area (Å²) < 4.78 is 20.5. The third-order valence-electron chi connectivity index (χ3n) is 6.04. The topological polar surface area (TPSA) is 92.4 Å². The standard InChI is InChI=1S/C31H31N5O4/c1-3-38-29-15-10-23(18-30(29)39-4-2)20-36-21-26(19-32-36)33-31(37)28-16-17-35(34-28)22-40-27-13-11-25(12-14-27)24-8-6-5-7-9-24/h5-19,21H,3-4,20,22H2,1-2H3,(H,33,37). The van der Waals surface area contributed by atoms with E-state index < -0.39 is 0 Å². The van der Waals surface area contributed by atoms with Gasteiger partial charge in [0.15, 0.2) is 23.9 Å². The van der Waals surface area contributed by atoms with Gasteiger partial charge in [0.05, 0.1) is 31.6 Å². The fraction of sp³-hybridized carbons (Fsp3) is 0.194. The van der Waals surface area contributed by atoms with Crippen LogP contribution in [0.5, 0.6) is 17.2 Å². The molecule has 9 heteroatoms. The van der Waals surface area contributed by atoms with Gasteiger partial charge >= 0.3 is 0 Å². The van der Waals surface area contributed by atoms with Crippen LogP contribution in [0, 0.1) is 0 Å². The van der Waals surface area contributed by atoms with Crippen molar-refractivity contribution in [2.75, 3.05) is 18.5 Å². The molecule has 3 aromatic carbocycles. The number of amides is 1. The summed E-state index contributed by atoms with van der Waals surface area (Å²) in [6.45, 7) is 5.68. The minimum atomic E-state index is -0.329. The Morgan fingerprint density at radius 1 is 0.825 bits per heavy atom. The summed E-state index contributed by atoms with van der Waals surface area (Å²) >= 11 is 0. The first kappa shape index (κ1) is 26.6. The van der Waals surface area contributed by atoms with Gasteiger partial charge in [-0.05, 0) is 60.9 Å². The molecule has 0 spiro atoms. The van der Waals surface area contributed by atoms with Gasteiger partial charge in [0.1, 0.15) is 5.75 Å². The minimum Gasteiger partial charge on any atom is -0.490 e. The van der Waals surface area contributed by atoms with E-state index in [9.17, 15) is 4.79 Å². The molecule has 1 amide bonds. The molecule has 0 saturated carbocycles. The van der Waals surface area contributed by atoms with Gasteiger partial charge in [-0.15, -0.1) is 0 Å². The zero-order chi connectivity index (χ0) is 27.7. The maximum atomic E-state index is 12.8. The van der Waals surface area contributed by atoms with Crippen LogP contribution in [0.15, 0.2) is 97.5 Å². The van der Waals surface area contributed by atoms with Crippen LogP contribution in [0.25, 0.3) is 11.1 Å². The predicted molar refractivity (Wildman–Crippen MR) is 153 cm³/mol. The number of aromatic nitrogens is 4. The maximum absolute atomic E-state index is 12.8. The Kier molecular flexibility index (Phi) is 8.41. The molecule has 0 unspecified atom stereocenters. The zero-order valence-electron chi connectivity index (χ0n) is 22.5. The smallest absolute Gasteiger partial charge is 0.276 e. The zero-order valence-corrected chi connectivity index (χ0v) is 22.5. The molecule has 5 rings (SSSR count). The van der Waals surface area contributed by atoms with Crippen LogP contribution in [0.4, 0.5) is 5.69 Å². The molecular formula is C31H31N5O4. The van der Waals surface area contributed by atoms with Crippen molar-refractivity contribution in [2.24, 2.45) is 0 Å². The first-order valence-electron chi connectivity index (χ1n) is 13.2. The fourth-order valence-electron chi connectivity index (χ4n) is 4.16. The molecule has 0 atom stereocenters. The number of hydrogen-bond donors (Lipinski definition) is 1. The largest absolute Gasteiger partial charge is 0.490 e. The summed E-state index contributed by atoms with van der Waals surface area (Å²) in [7, 11) is 0. The molecule has 2 heterocycles. The molecule has 0 radical (unpaired) electrons. The maximum Gasteiger partial charge on any atom is 0.276 e. The lowest BCUT2D eigenvalue weighted by Gasteiger charge is -2.12. The van der Waals surface area contributed by atoms with Crippen LogP contribution < -0.4 is 19.5 Å². The Hall–Kier alpha value is -5.05. The minimum absolute atomic E-state index is 0.182. The average Bonchev–Trinajstić information content (AvgIpc) is 3.64. The number of carbonyl (C=O) groups excluding carboxylic acids is 1. The van der Waals surface area contributed by atoms with Crippen molar-refractivity contribution >= 4 is 11.6 Å². The van der Waals surface area contributed by atoms with Crippen molar-refractivity contribution in [3.05, 3.63) is 109 Å². The molecule has 204 valence electrons. The second-order valence-electron chi connectivity index (χ2n) is 8.93. The van der Waals surface area contributed by atoms with E-state index in [1.165, 1.54) is 0 Å². The molecule has 5 aromatic rings. The van der Waals surface area contributed by atoms with Gasteiger partial charge in [0, 0.05) is 12.4 Å². The highest BCUT2D eigenvalue weighted by Crippen LogP contribution is 2.29. The number of hydrogen-bond acceptors (Lipinski definition) is 6. The number of rotatable bonds is 12. The molecule has 0 aliphatic rings. The van der Waals surface area contributed by atoms with Crippen molar-refractivity contribution in [3.63, 3.8) is 0 Å². The quantitative estimate of drug-likeness (QED) is 0.214.